The SMILES string of the molecule is CC(Br)C(=O)Br.CC(Br)C(=O)Oc1ccccc1C(=O)O.CC1OC(=O)c2ccccc2OC1=O.CCN(CC)CC.O=C(O)c1ccccc1O.O=CO[O-].[Na+]. The van der Waals surface area contributed by atoms with Gasteiger partial charge < -0.3 is 44.6 Å². The van der Waals surface area contributed by atoms with Gasteiger partial charge in [-0.2, -0.15) is 0 Å². The van der Waals surface area contributed by atoms with E-state index in [1.807, 2.05) is 0 Å². The topological polar surface area (TPSA) is 243 Å². The van der Waals surface area contributed by atoms with E-state index in [1.165, 1.54) is 50.8 Å². The summed E-state index contributed by atoms with van der Waals surface area (Å²) in [7, 11) is 0. The van der Waals surface area contributed by atoms with Crippen molar-refractivity contribution >= 4 is 88.8 Å². The molecule has 4 rings (SSSR count). The van der Waals surface area contributed by atoms with Crippen LogP contribution in [0.15, 0.2) is 72.8 Å². The van der Waals surface area contributed by atoms with Crippen LogP contribution in [0.4, 0.5) is 0 Å². The van der Waals surface area contributed by atoms with Crippen molar-refractivity contribution in [2.24, 2.45) is 0 Å². The molecule has 0 spiro atoms. The Balaban J connectivity index is -0.000000644. The Hall–Kier alpha value is -3.69. The van der Waals surface area contributed by atoms with E-state index in [-0.39, 0.29) is 79.5 Å². The number of benzene rings is 3. The first-order valence-corrected chi connectivity index (χ1v) is 18.9. The van der Waals surface area contributed by atoms with E-state index < -0.39 is 40.8 Å². The number of hydrogen-bond acceptors (Lipinski definition) is 14. The molecular weight excluding hydrogens is 961 g/mol. The molecule has 0 aliphatic carbocycles. The van der Waals surface area contributed by atoms with E-state index >= 15 is 0 Å². The van der Waals surface area contributed by atoms with Crippen molar-refractivity contribution in [3.63, 3.8) is 0 Å². The van der Waals surface area contributed by atoms with Gasteiger partial charge in [0.2, 0.25) is 4.69 Å². The molecule has 0 fully saturated rings. The number of para-hydroxylation sites is 3. The number of halogens is 3. The van der Waals surface area contributed by atoms with Crippen molar-refractivity contribution in [2.75, 3.05) is 19.6 Å². The van der Waals surface area contributed by atoms with Gasteiger partial charge in [0, 0.05) is 0 Å². The van der Waals surface area contributed by atoms with Crippen LogP contribution in [-0.4, -0.2) is 96.6 Å². The summed E-state index contributed by atoms with van der Waals surface area (Å²) in [4.78, 5) is 78.0. The van der Waals surface area contributed by atoms with Gasteiger partial charge in [0.05, 0.1) is 4.83 Å². The molecule has 0 bridgehead atoms. The molecule has 57 heavy (non-hydrogen) atoms. The number of carbonyl (C=O) groups excluding carboxylic acids is 5. The fourth-order valence-electron chi connectivity index (χ4n) is 3.43. The molecule has 20 heteroatoms. The van der Waals surface area contributed by atoms with Crippen LogP contribution in [0, 0.1) is 0 Å². The normalized spacial score (nSPS) is 12.9. The van der Waals surface area contributed by atoms with Crippen LogP contribution < -0.4 is 44.3 Å². The Kier molecular flexibility index (Phi) is 33.7. The minimum Gasteiger partial charge on any atom is -0.662 e. The molecule has 1 aliphatic heterocycles. The van der Waals surface area contributed by atoms with Gasteiger partial charge in [-0.05, 0) is 92.7 Å². The second-order valence-electron chi connectivity index (χ2n) is 10.4. The Labute approximate surface area is 377 Å². The van der Waals surface area contributed by atoms with E-state index in [4.69, 9.17) is 39.6 Å². The fourth-order valence-corrected chi connectivity index (χ4v) is 3.53. The number of carboxylic acid groups (broad SMARTS) is 2. The zero-order valence-corrected chi connectivity index (χ0v) is 38.9. The van der Waals surface area contributed by atoms with Crippen LogP contribution in [-0.2, 0) is 28.8 Å². The molecular formula is C37H43Br3NNaO15. The number of esters is 3. The van der Waals surface area contributed by atoms with Crippen molar-refractivity contribution in [1.82, 2.24) is 4.90 Å². The number of cyclic esters (lactones) is 1. The van der Waals surface area contributed by atoms with E-state index in [0.29, 0.717) is 0 Å². The second kappa shape index (κ2) is 33.3. The third kappa shape index (κ3) is 25.3. The number of alkyl halides is 2. The molecule has 3 aromatic rings. The Morgan fingerprint density at radius 1 is 0.842 bits per heavy atom. The van der Waals surface area contributed by atoms with Crippen molar-refractivity contribution in [2.45, 2.75) is 57.3 Å². The van der Waals surface area contributed by atoms with E-state index in [0.717, 1.165) is 0 Å². The average molecular weight is 1000 g/mol. The molecule has 0 aromatic heterocycles. The molecule has 3 N–H and O–H groups in total. The zero-order chi connectivity index (χ0) is 43.4. The molecule has 16 nitrogen and oxygen atoms in total. The summed E-state index contributed by atoms with van der Waals surface area (Å²) < 4.78 is 14.7. The molecule has 1 heterocycles. The molecule has 308 valence electrons. The van der Waals surface area contributed by atoms with E-state index in [2.05, 4.69) is 78.3 Å². The Bertz CT molecular complexity index is 1700. The van der Waals surface area contributed by atoms with Crippen molar-refractivity contribution in [1.29, 1.82) is 0 Å². The van der Waals surface area contributed by atoms with Crippen LogP contribution >= 0.6 is 47.8 Å². The summed E-state index contributed by atoms with van der Waals surface area (Å²) >= 11 is 8.83. The Morgan fingerprint density at radius 3 is 1.67 bits per heavy atom. The number of nitrogens with zero attached hydrogens (tertiary/aromatic N) is 1. The summed E-state index contributed by atoms with van der Waals surface area (Å²) in [5.74, 6) is -3.73. The maximum absolute atomic E-state index is 11.4. The summed E-state index contributed by atoms with van der Waals surface area (Å²) in [6.45, 7) is 14.8. The molecule has 0 amide bonds. The van der Waals surface area contributed by atoms with Gasteiger partial charge in [-0.25, -0.2) is 19.2 Å². The molecule has 0 radical (unpaired) electrons. The average Bonchev–Trinajstić information content (AvgIpc) is 3.27. The molecule has 1 aliphatic rings. The van der Waals surface area contributed by atoms with Gasteiger partial charge in [-0.1, -0.05) is 89.0 Å². The number of fused-ring (bicyclic) bond motifs is 1. The fraction of sp³-hybridized carbons (Fsp3) is 0.324. The predicted molar refractivity (Wildman–Crippen MR) is 212 cm³/mol. The number of carbonyl (C=O) groups is 7. The number of carboxylic acids is 2. The smallest absolute Gasteiger partial charge is 0.662 e. The number of aromatic hydroxyl groups is 1. The maximum atomic E-state index is 11.4. The van der Waals surface area contributed by atoms with Crippen LogP contribution in [0.2, 0.25) is 0 Å². The van der Waals surface area contributed by atoms with Crippen LogP contribution in [0.5, 0.6) is 17.2 Å². The summed E-state index contributed by atoms with van der Waals surface area (Å²) in [5.41, 5.74) is 0.187. The molecule has 0 saturated heterocycles. The van der Waals surface area contributed by atoms with Gasteiger partial charge in [0.25, 0.3) is 6.47 Å². The van der Waals surface area contributed by atoms with Gasteiger partial charge >= 0.3 is 59.4 Å². The van der Waals surface area contributed by atoms with Crippen molar-refractivity contribution in [3.05, 3.63) is 89.5 Å². The minimum absolute atomic E-state index is 0. The predicted octanol–water partition coefficient (Wildman–Crippen LogP) is 2.79. The summed E-state index contributed by atoms with van der Waals surface area (Å²) in [5, 5.41) is 34.6. The monoisotopic (exact) mass is 1000 g/mol. The Morgan fingerprint density at radius 2 is 1.28 bits per heavy atom. The number of rotatable bonds is 9. The number of aromatic carboxylic acids is 2. The van der Waals surface area contributed by atoms with Gasteiger partial charge in [-0.15, -0.1) is 0 Å². The van der Waals surface area contributed by atoms with Crippen molar-refractivity contribution < 1.29 is 103 Å². The number of hydrogen-bond donors (Lipinski definition) is 3. The summed E-state index contributed by atoms with van der Waals surface area (Å²) in [6, 6.07) is 18.3. The van der Waals surface area contributed by atoms with Gasteiger partial charge in [-0.3, -0.25) is 14.4 Å². The van der Waals surface area contributed by atoms with Crippen molar-refractivity contribution in [3.8, 4) is 17.2 Å². The van der Waals surface area contributed by atoms with Gasteiger partial charge in [0.15, 0.2) is 6.10 Å². The third-order valence-electron chi connectivity index (χ3n) is 6.41. The molecule has 0 saturated carbocycles. The standard InChI is InChI=1S/C10H9BrO4.C10H8O4.C7H6O3.C6H15N.C3H4Br2O.CH2O3.Na/c1-6(11)10(14)15-8-5-3-2-4-7(8)9(12)13;1-6-9(11)14-8-5-3-2-4-7(8)10(12)13-6;8-6-4-2-1-3-5(6)7(9)10;1-4-7(5-2)6-3;1-2(4)3(5)6;2-1-4-3;/h2-6H,1H3,(H,12,13);2-6H,1H3;1-4,8H,(H,9,10);4-6H2,1-3H3;2H,1H3;1,3H;/q;;;;;;+1/p-1. The summed E-state index contributed by atoms with van der Waals surface area (Å²) in [6.07, 6.45) is -0.852. The zero-order valence-electron chi connectivity index (χ0n) is 32.2. The first-order chi connectivity index (χ1) is 26.3. The van der Waals surface area contributed by atoms with Gasteiger partial charge in [0.1, 0.15) is 38.8 Å². The van der Waals surface area contributed by atoms with Crippen LogP contribution in [0.25, 0.3) is 0 Å². The molecule has 3 atom stereocenters. The first kappa shape index (κ1) is 57.6. The van der Waals surface area contributed by atoms with Crippen LogP contribution in [0.3, 0.4) is 0 Å². The van der Waals surface area contributed by atoms with Crippen LogP contribution in [0.1, 0.15) is 72.6 Å². The van der Waals surface area contributed by atoms with E-state index in [1.54, 1.807) is 62.4 Å². The number of phenols is 1. The quantitative estimate of drug-likeness (QED) is 0.0408. The molecule has 3 aromatic carbocycles. The third-order valence-corrected chi connectivity index (χ3v) is 8.50. The van der Waals surface area contributed by atoms with E-state index in [9.17, 15) is 28.8 Å². The maximum Gasteiger partial charge on any atom is 1.00 e. The largest absolute Gasteiger partial charge is 1.00 e. The minimum atomic E-state index is -1.12. The number of ether oxygens (including phenoxy) is 3. The molecule has 3 unspecified atom stereocenters. The first-order valence-electron chi connectivity index (χ1n) is 16.3. The second-order valence-corrected chi connectivity index (χ2v) is 13.9.